The van der Waals surface area contributed by atoms with Crippen LogP contribution in [-0.4, -0.2) is 77.7 Å². The average Bonchev–Trinajstić information content (AvgIpc) is 3.18. The van der Waals surface area contributed by atoms with E-state index in [4.69, 9.17) is 0 Å². The predicted octanol–water partition coefficient (Wildman–Crippen LogP) is 2.93. The summed E-state index contributed by atoms with van der Waals surface area (Å²) in [6.45, 7) is 3.44. The molecule has 0 unspecified atom stereocenters. The van der Waals surface area contributed by atoms with E-state index in [1.165, 1.54) is 19.2 Å². The van der Waals surface area contributed by atoms with Crippen molar-refractivity contribution in [1.82, 2.24) is 19.8 Å². The Balaban J connectivity index is 1.27. The second-order valence-electron chi connectivity index (χ2n) is 8.87. The molecule has 3 fully saturated rings. The molecule has 10 heteroatoms. The van der Waals surface area contributed by atoms with Crippen LogP contribution in [0.4, 0.5) is 19.0 Å². The molecule has 0 radical (unpaired) electrons. The number of carbonyl (C=O) groups is 1. The molecule has 4 heterocycles. The van der Waals surface area contributed by atoms with E-state index in [2.05, 4.69) is 19.8 Å². The van der Waals surface area contributed by atoms with Gasteiger partial charge in [0.05, 0.1) is 17.8 Å². The Bertz CT molecular complexity index is 965. The normalized spacial score (nSPS) is 24.2. The van der Waals surface area contributed by atoms with Crippen LogP contribution in [0, 0.1) is 5.41 Å². The Morgan fingerprint density at radius 2 is 1.97 bits per heavy atom. The van der Waals surface area contributed by atoms with Crippen LogP contribution in [0.15, 0.2) is 12.4 Å². The van der Waals surface area contributed by atoms with Gasteiger partial charge >= 0.3 is 6.18 Å². The number of hydrogen-bond acceptors (Lipinski definition) is 6. The molecule has 2 aromatic heterocycles. The Morgan fingerprint density at radius 3 is 2.60 bits per heavy atom. The van der Waals surface area contributed by atoms with Crippen molar-refractivity contribution < 1.29 is 18.0 Å². The van der Waals surface area contributed by atoms with Crippen LogP contribution < -0.4 is 4.90 Å². The number of likely N-dealkylation sites (tertiary alicyclic amines) is 1. The molecule has 0 aromatic carbocycles. The number of anilines is 1. The third kappa shape index (κ3) is 3.75. The summed E-state index contributed by atoms with van der Waals surface area (Å²) in [6, 6.07) is 1.54. The Labute approximate surface area is 176 Å². The zero-order valence-electron chi connectivity index (χ0n) is 16.8. The highest BCUT2D eigenvalue weighted by molar-refractivity contribution is 7.18. The van der Waals surface area contributed by atoms with Gasteiger partial charge in [0.25, 0.3) is 0 Å². The van der Waals surface area contributed by atoms with Crippen molar-refractivity contribution in [3.8, 4) is 0 Å². The molecule has 162 valence electrons. The third-order valence-corrected chi connectivity index (χ3v) is 7.65. The fourth-order valence-electron chi connectivity index (χ4n) is 4.86. The van der Waals surface area contributed by atoms with Gasteiger partial charge in [-0.1, -0.05) is 0 Å². The van der Waals surface area contributed by atoms with Crippen LogP contribution >= 0.6 is 11.3 Å². The predicted molar refractivity (Wildman–Crippen MR) is 109 cm³/mol. The summed E-state index contributed by atoms with van der Waals surface area (Å²) < 4.78 is 38.3. The number of likely N-dealkylation sites (N-methyl/N-ethyl adjacent to an activating group) is 1. The van der Waals surface area contributed by atoms with E-state index in [-0.39, 0.29) is 16.8 Å². The van der Waals surface area contributed by atoms with Gasteiger partial charge in [0, 0.05) is 37.6 Å². The summed E-state index contributed by atoms with van der Waals surface area (Å²) in [6.07, 6.45) is -0.359. The number of hydrogen-bond donors (Lipinski definition) is 0. The highest BCUT2D eigenvalue weighted by Gasteiger charge is 2.53. The molecule has 2 aromatic rings. The fraction of sp³-hybridized carbons (Fsp3) is 0.650. The first kappa shape index (κ1) is 20.0. The average molecular weight is 440 g/mol. The van der Waals surface area contributed by atoms with E-state index in [0.29, 0.717) is 47.6 Å². The van der Waals surface area contributed by atoms with Crippen molar-refractivity contribution in [1.29, 1.82) is 0 Å². The highest BCUT2D eigenvalue weighted by atomic mass is 32.1. The summed E-state index contributed by atoms with van der Waals surface area (Å²) in [5.41, 5.74) is 0.385. The molecule has 2 saturated heterocycles. The number of amides is 1. The minimum Gasteiger partial charge on any atom is -0.352 e. The molecule has 1 amide bonds. The van der Waals surface area contributed by atoms with Gasteiger partial charge in [0.1, 0.15) is 17.0 Å². The van der Waals surface area contributed by atoms with Gasteiger partial charge in [-0.2, -0.15) is 13.2 Å². The lowest BCUT2D eigenvalue weighted by atomic mass is 10.0. The number of halogens is 3. The molecule has 5 rings (SSSR count). The third-order valence-electron chi connectivity index (χ3n) is 6.61. The van der Waals surface area contributed by atoms with E-state index in [1.54, 1.807) is 6.07 Å². The lowest BCUT2D eigenvalue weighted by molar-refractivity contribution is -0.136. The molecule has 1 atom stereocenters. The van der Waals surface area contributed by atoms with Crippen LogP contribution in [0.3, 0.4) is 0 Å². The van der Waals surface area contributed by atoms with Gasteiger partial charge < -0.3 is 9.80 Å². The van der Waals surface area contributed by atoms with E-state index in [0.717, 1.165) is 24.3 Å². The molecule has 0 bridgehead atoms. The van der Waals surface area contributed by atoms with Crippen LogP contribution in [0.2, 0.25) is 0 Å². The smallest absolute Gasteiger partial charge is 0.352 e. The lowest BCUT2D eigenvalue weighted by Crippen LogP contribution is -2.53. The number of carbonyl (C=O) groups excluding carboxylic acids is 1. The maximum absolute atomic E-state index is 13.1. The van der Waals surface area contributed by atoms with Crippen LogP contribution in [0.5, 0.6) is 0 Å². The van der Waals surface area contributed by atoms with E-state index in [1.807, 2.05) is 11.9 Å². The molecule has 1 saturated carbocycles. The van der Waals surface area contributed by atoms with Crippen molar-refractivity contribution in [3.05, 3.63) is 17.3 Å². The summed E-state index contributed by atoms with van der Waals surface area (Å²) >= 11 is 1.06. The van der Waals surface area contributed by atoms with E-state index in [9.17, 15) is 18.0 Å². The number of piperazine rings is 1. The molecular formula is C20H24F3N5OS. The Morgan fingerprint density at radius 1 is 1.23 bits per heavy atom. The number of fused-ring (bicyclic) bond motifs is 1. The molecule has 2 aliphatic heterocycles. The molecule has 30 heavy (non-hydrogen) atoms. The van der Waals surface area contributed by atoms with Crippen molar-refractivity contribution in [2.45, 2.75) is 37.9 Å². The minimum atomic E-state index is -4.24. The second-order valence-corrected chi connectivity index (χ2v) is 9.98. The van der Waals surface area contributed by atoms with Crippen molar-refractivity contribution in [2.24, 2.45) is 5.41 Å². The van der Waals surface area contributed by atoms with Crippen molar-refractivity contribution in [3.63, 3.8) is 0 Å². The van der Waals surface area contributed by atoms with Crippen molar-refractivity contribution in [2.75, 3.05) is 44.7 Å². The van der Waals surface area contributed by atoms with Gasteiger partial charge in [-0.3, -0.25) is 9.69 Å². The molecule has 6 nitrogen and oxygen atoms in total. The Hall–Kier alpha value is -1.94. The number of rotatable bonds is 3. The largest absolute Gasteiger partial charge is 0.393 e. The van der Waals surface area contributed by atoms with Gasteiger partial charge in [-0.25, -0.2) is 9.97 Å². The number of thiophene rings is 1. The highest BCUT2D eigenvalue weighted by Crippen LogP contribution is 2.54. The molecule has 3 aliphatic rings. The molecule has 1 aliphatic carbocycles. The first-order chi connectivity index (χ1) is 14.2. The maximum Gasteiger partial charge on any atom is 0.393 e. The molecular weight excluding hydrogens is 415 g/mol. The number of alkyl halides is 3. The van der Waals surface area contributed by atoms with Crippen LogP contribution in [-0.2, 0) is 11.2 Å². The first-order valence-corrected chi connectivity index (χ1v) is 11.1. The van der Waals surface area contributed by atoms with E-state index < -0.39 is 12.6 Å². The zero-order chi connectivity index (χ0) is 21.1. The standard InChI is InChI=1S/C20H24F3N5OS/c1-26-11-19(2-3-19)10-15(26)18(29)28-6-4-27(5-7-28)16-14-8-13(9-20(21,22)23)30-17(14)25-12-24-16/h8,12,15H,2-7,9-11H2,1H3/t15-/m0/s1. The SMILES string of the molecule is CN1CC2(CC2)C[C@H]1C(=O)N1CCN(c2ncnc3sc(CC(F)(F)F)cc23)CC1. The molecule has 1 spiro atoms. The summed E-state index contributed by atoms with van der Waals surface area (Å²) in [4.78, 5) is 28.6. The zero-order valence-corrected chi connectivity index (χ0v) is 17.6. The second kappa shape index (κ2) is 7.05. The minimum absolute atomic E-state index is 0.0217. The maximum atomic E-state index is 13.1. The van der Waals surface area contributed by atoms with Crippen molar-refractivity contribution >= 4 is 33.3 Å². The number of aromatic nitrogens is 2. The van der Waals surface area contributed by atoms with E-state index >= 15 is 0 Å². The number of nitrogens with zero attached hydrogens (tertiary/aromatic N) is 5. The summed E-state index contributed by atoms with van der Waals surface area (Å²) in [5, 5.41) is 0.660. The monoisotopic (exact) mass is 439 g/mol. The lowest BCUT2D eigenvalue weighted by Gasteiger charge is -2.37. The summed E-state index contributed by atoms with van der Waals surface area (Å²) in [7, 11) is 2.04. The fourth-order valence-corrected chi connectivity index (χ4v) is 5.88. The first-order valence-electron chi connectivity index (χ1n) is 10.3. The van der Waals surface area contributed by atoms with Crippen LogP contribution in [0.1, 0.15) is 24.1 Å². The quantitative estimate of drug-likeness (QED) is 0.736. The van der Waals surface area contributed by atoms with Gasteiger partial charge in [-0.15, -0.1) is 11.3 Å². The summed E-state index contributed by atoms with van der Waals surface area (Å²) in [5.74, 6) is 0.864. The van der Waals surface area contributed by atoms with Crippen LogP contribution in [0.25, 0.3) is 10.2 Å². The molecule has 0 N–H and O–H groups in total. The van der Waals surface area contributed by atoms with Gasteiger partial charge in [0.2, 0.25) is 5.91 Å². The Kier molecular flexibility index (Phi) is 4.70. The van der Waals surface area contributed by atoms with Gasteiger partial charge in [0.15, 0.2) is 0 Å². The van der Waals surface area contributed by atoms with Gasteiger partial charge in [-0.05, 0) is 37.8 Å². The topological polar surface area (TPSA) is 52.6 Å².